The summed E-state index contributed by atoms with van der Waals surface area (Å²) < 4.78 is 13.9. The molecule has 0 saturated carbocycles. The molecule has 3 N–H and O–H groups in total. The minimum Gasteiger partial charge on any atom is -0.408 e. The highest BCUT2D eigenvalue weighted by Gasteiger charge is 2.13. The van der Waals surface area contributed by atoms with Crippen LogP contribution in [0.25, 0.3) is 0 Å². The average Bonchev–Trinajstić information content (AvgIpc) is 3.06. The minimum atomic E-state index is -0.518. The first-order valence-corrected chi connectivity index (χ1v) is 7.42. The summed E-state index contributed by atoms with van der Waals surface area (Å²) in [5, 5.41) is 6.02. The van der Waals surface area contributed by atoms with Crippen LogP contribution in [-0.4, -0.2) is 9.97 Å². The number of nitrogens with zero attached hydrogens (tertiary/aromatic N) is 2. The van der Waals surface area contributed by atoms with E-state index in [2.05, 4.69) is 26.1 Å². The first kappa shape index (κ1) is 14.4. The Balaban J connectivity index is 1.56. The average molecular weight is 323 g/mol. The maximum atomic E-state index is 13.9. The molecule has 4 rings (SSSR count). The van der Waals surface area contributed by atoms with Crippen molar-refractivity contribution >= 4 is 23.1 Å². The molecule has 0 unspecified atom stereocenters. The van der Waals surface area contributed by atoms with Gasteiger partial charge in [-0.1, -0.05) is 18.2 Å². The molecule has 3 aromatic rings. The number of benzene rings is 2. The lowest BCUT2D eigenvalue weighted by Gasteiger charge is -2.10. The van der Waals surface area contributed by atoms with Crippen LogP contribution in [0.15, 0.2) is 54.7 Å². The zero-order valence-corrected chi connectivity index (χ0v) is 12.6. The predicted molar refractivity (Wildman–Crippen MR) is 88.9 cm³/mol. The number of anilines is 4. The van der Waals surface area contributed by atoms with E-state index in [9.17, 15) is 4.39 Å². The molecule has 0 saturated heterocycles. The summed E-state index contributed by atoms with van der Waals surface area (Å²) in [6.45, 7) is 0.635. The molecule has 0 radical (unpaired) electrons. The molecule has 1 aliphatic rings. The van der Waals surface area contributed by atoms with Gasteiger partial charge in [0.25, 0.3) is 0 Å². The number of rotatable bonds is 4. The van der Waals surface area contributed by atoms with Crippen LogP contribution in [0.5, 0.6) is 5.75 Å². The van der Waals surface area contributed by atoms with Crippen molar-refractivity contribution in [1.82, 2.24) is 15.4 Å². The van der Waals surface area contributed by atoms with Gasteiger partial charge in [-0.2, -0.15) is 10.5 Å². The number of aromatic nitrogens is 2. The highest BCUT2D eigenvalue weighted by atomic mass is 19.1. The Hall–Kier alpha value is -3.19. The zero-order chi connectivity index (χ0) is 16.4. The summed E-state index contributed by atoms with van der Waals surface area (Å²) in [5.74, 6) is 0.703. The van der Waals surface area contributed by atoms with Crippen LogP contribution in [0.4, 0.5) is 27.5 Å². The second-order valence-corrected chi connectivity index (χ2v) is 5.25. The smallest absolute Gasteiger partial charge is 0.229 e. The third-order valence-corrected chi connectivity index (χ3v) is 3.54. The van der Waals surface area contributed by atoms with Crippen LogP contribution < -0.4 is 21.0 Å². The summed E-state index contributed by atoms with van der Waals surface area (Å²) >= 11 is 0. The SMILES string of the molecule is Fc1cnc(Nc2ccc3c(c2)CNO3)nc1Nc1ccccc1. The van der Waals surface area contributed by atoms with E-state index in [1.807, 2.05) is 48.5 Å². The lowest BCUT2D eigenvalue weighted by Crippen LogP contribution is -2.07. The number of hydrogen-bond acceptors (Lipinski definition) is 6. The molecule has 7 heteroatoms. The molecule has 6 nitrogen and oxygen atoms in total. The first-order chi connectivity index (χ1) is 11.8. The fraction of sp³-hybridized carbons (Fsp3) is 0.0588. The van der Waals surface area contributed by atoms with Crippen LogP contribution in [0.1, 0.15) is 5.56 Å². The van der Waals surface area contributed by atoms with Gasteiger partial charge in [0, 0.05) is 16.9 Å². The standard InChI is InChI=1S/C17H14FN5O/c18-14-10-19-17(23-16(14)21-12-4-2-1-3-5-12)22-13-6-7-15-11(8-13)9-20-24-15/h1-8,10,20H,9H2,(H2,19,21,22,23). The topological polar surface area (TPSA) is 71.1 Å². The summed E-state index contributed by atoms with van der Waals surface area (Å²) in [6.07, 6.45) is 1.14. The van der Waals surface area contributed by atoms with Crippen LogP contribution in [0.2, 0.25) is 0 Å². The van der Waals surface area contributed by atoms with E-state index in [4.69, 9.17) is 4.84 Å². The third kappa shape index (κ3) is 2.97. The van der Waals surface area contributed by atoms with Gasteiger partial charge < -0.3 is 15.5 Å². The predicted octanol–water partition coefficient (Wildman–Crippen LogP) is 3.50. The van der Waals surface area contributed by atoms with Gasteiger partial charge in [0.2, 0.25) is 5.95 Å². The zero-order valence-electron chi connectivity index (χ0n) is 12.6. The fourth-order valence-corrected chi connectivity index (χ4v) is 2.39. The Morgan fingerprint density at radius 1 is 1.04 bits per heavy atom. The number of hydroxylamine groups is 1. The molecule has 2 aromatic carbocycles. The van der Waals surface area contributed by atoms with Gasteiger partial charge in [-0.05, 0) is 30.3 Å². The van der Waals surface area contributed by atoms with Gasteiger partial charge in [0.15, 0.2) is 17.4 Å². The molecule has 0 bridgehead atoms. The maximum Gasteiger partial charge on any atom is 0.229 e. The van der Waals surface area contributed by atoms with E-state index in [1.54, 1.807) is 0 Å². The number of halogens is 1. The van der Waals surface area contributed by atoms with Gasteiger partial charge in [-0.25, -0.2) is 9.37 Å². The largest absolute Gasteiger partial charge is 0.408 e. The van der Waals surface area contributed by atoms with Crippen LogP contribution >= 0.6 is 0 Å². The molecule has 24 heavy (non-hydrogen) atoms. The molecule has 0 aliphatic carbocycles. The molecule has 120 valence electrons. The summed E-state index contributed by atoms with van der Waals surface area (Å²) in [6, 6.07) is 14.9. The molecule has 0 spiro atoms. The molecular weight excluding hydrogens is 309 g/mol. The molecule has 0 atom stereocenters. The monoisotopic (exact) mass is 323 g/mol. The Morgan fingerprint density at radius 2 is 1.92 bits per heavy atom. The van der Waals surface area contributed by atoms with E-state index in [0.717, 1.165) is 28.9 Å². The van der Waals surface area contributed by atoms with Crippen molar-refractivity contribution in [1.29, 1.82) is 0 Å². The Kier molecular flexibility index (Phi) is 3.68. The van der Waals surface area contributed by atoms with E-state index >= 15 is 0 Å². The van der Waals surface area contributed by atoms with Crippen LogP contribution in [-0.2, 0) is 6.54 Å². The van der Waals surface area contributed by atoms with Crippen LogP contribution in [0.3, 0.4) is 0 Å². The number of para-hydroxylation sites is 1. The quantitative estimate of drug-likeness (QED) is 0.682. The van der Waals surface area contributed by atoms with Crippen molar-refractivity contribution in [2.45, 2.75) is 6.54 Å². The summed E-state index contributed by atoms with van der Waals surface area (Å²) in [5.41, 5.74) is 5.39. The van der Waals surface area contributed by atoms with Crippen LogP contribution in [0, 0.1) is 5.82 Å². The second-order valence-electron chi connectivity index (χ2n) is 5.25. The van der Waals surface area contributed by atoms with Gasteiger partial charge in [-0.15, -0.1) is 0 Å². The molecule has 2 heterocycles. The summed E-state index contributed by atoms with van der Waals surface area (Å²) in [7, 11) is 0. The first-order valence-electron chi connectivity index (χ1n) is 7.42. The molecular formula is C17H14FN5O. The van der Waals surface area contributed by atoms with Gasteiger partial charge in [0.1, 0.15) is 0 Å². The van der Waals surface area contributed by atoms with E-state index in [1.165, 1.54) is 0 Å². The van der Waals surface area contributed by atoms with E-state index in [0.29, 0.717) is 12.5 Å². The van der Waals surface area contributed by atoms with Gasteiger partial charge >= 0.3 is 0 Å². The highest BCUT2D eigenvalue weighted by Crippen LogP contribution is 2.27. The van der Waals surface area contributed by atoms with Crippen molar-refractivity contribution in [3.8, 4) is 5.75 Å². The number of fused-ring (bicyclic) bond motifs is 1. The Morgan fingerprint density at radius 3 is 2.79 bits per heavy atom. The Labute approximate surface area is 137 Å². The third-order valence-electron chi connectivity index (χ3n) is 3.54. The number of nitrogens with one attached hydrogen (secondary N) is 3. The van der Waals surface area contributed by atoms with Crippen molar-refractivity contribution in [3.05, 3.63) is 66.1 Å². The maximum absolute atomic E-state index is 13.9. The molecule has 0 amide bonds. The van der Waals surface area contributed by atoms with Crippen molar-refractivity contribution in [2.75, 3.05) is 10.6 Å². The normalized spacial score (nSPS) is 12.4. The van der Waals surface area contributed by atoms with Crippen molar-refractivity contribution in [2.24, 2.45) is 0 Å². The van der Waals surface area contributed by atoms with Gasteiger partial charge in [0.05, 0.1) is 12.7 Å². The molecule has 0 fully saturated rings. The fourth-order valence-electron chi connectivity index (χ4n) is 2.39. The second kappa shape index (κ2) is 6.13. The molecule has 1 aromatic heterocycles. The lowest BCUT2D eigenvalue weighted by molar-refractivity contribution is 0.224. The summed E-state index contributed by atoms with van der Waals surface area (Å²) in [4.78, 5) is 13.4. The van der Waals surface area contributed by atoms with Crippen molar-refractivity contribution < 1.29 is 9.23 Å². The Bertz CT molecular complexity index is 872. The van der Waals surface area contributed by atoms with E-state index < -0.39 is 5.82 Å². The lowest BCUT2D eigenvalue weighted by atomic mass is 10.2. The highest BCUT2D eigenvalue weighted by molar-refractivity contribution is 5.61. The molecule has 1 aliphatic heterocycles. The van der Waals surface area contributed by atoms with Gasteiger partial charge in [-0.3, -0.25) is 0 Å². The minimum absolute atomic E-state index is 0.116. The van der Waals surface area contributed by atoms with Crippen molar-refractivity contribution in [3.63, 3.8) is 0 Å². The number of hydrogen-bond donors (Lipinski definition) is 3. The van der Waals surface area contributed by atoms with E-state index in [-0.39, 0.29) is 5.82 Å².